The third-order valence-electron chi connectivity index (χ3n) is 7.40. The molecular formula is C30H35N2O6+. The van der Waals surface area contributed by atoms with Gasteiger partial charge in [-0.15, -0.1) is 0 Å². The predicted molar refractivity (Wildman–Crippen MR) is 142 cm³/mol. The Morgan fingerprint density at radius 1 is 1.18 bits per heavy atom. The van der Waals surface area contributed by atoms with Crippen molar-refractivity contribution in [2.24, 2.45) is 0 Å². The summed E-state index contributed by atoms with van der Waals surface area (Å²) in [5, 5.41) is 11.4. The molecule has 0 aliphatic carbocycles. The quantitative estimate of drug-likeness (QED) is 0.229. The van der Waals surface area contributed by atoms with E-state index in [2.05, 4.69) is 6.58 Å². The van der Waals surface area contributed by atoms with Crippen molar-refractivity contribution >= 4 is 17.4 Å². The number of nitrogens with one attached hydrogen (secondary N) is 1. The number of fused-ring (bicyclic) bond motifs is 1. The lowest BCUT2D eigenvalue weighted by Crippen LogP contribution is -3.14. The normalized spacial score (nSPS) is 22.8. The van der Waals surface area contributed by atoms with E-state index >= 15 is 0 Å². The number of amides is 1. The summed E-state index contributed by atoms with van der Waals surface area (Å²) in [6.07, 6.45) is 3.20. The summed E-state index contributed by atoms with van der Waals surface area (Å²) < 4.78 is 16.9. The fourth-order valence-corrected chi connectivity index (χ4v) is 5.49. The van der Waals surface area contributed by atoms with Crippen molar-refractivity contribution in [1.82, 2.24) is 4.90 Å². The van der Waals surface area contributed by atoms with E-state index in [-0.39, 0.29) is 17.4 Å². The zero-order valence-electron chi connectivity index (χ0n) is 21.8. The number of carbonyl (C=O) groups is 2. The molecule has 1 amide bonds. The van der Waals surface area contributed by atoms with Gasteiger partial charge in [-0.3, -0.25) is 9.59 Å². The first-order valence-corrected chi connectivity index (χ1v) is 13.3. The minimum atomic E-state index is -0.688. The van der Waals surface area contributed by atoms with Crippen LogP contribution in [0.2, 0.25) is 0 Å². The van der Waals surface area contributed by atoms with Crippen LogP contribution in [0.4, 0.5) is 0 Å². The predicted octanol–water partition coefficient (Wildman–Crippen LogP) is 2.30. The van der Waals surface area contributed by atoms with Gasteiger partial charge in [0.1, 0.15) is 43.1 Å². The molecule has 3 heterocycles. The molecule has 0 spiro atoms. The number of ketones is 1. The number of ether oxygens (including phenoxy) is 3. The second-order valence-electron chi connectivity index (χ2n) is 10.1. The van der Waals surface area contributed by atoms with Crippen LogP contribution in [0.1, 0.15) is 36.1 Å². The zero-order chi connectivity index (χ0) is 26.6. The average Bonchev–Trinajstić information content (AvgIpc) is 3.43. The van der Waals surface area contributed by atoms with Gasteiger partial charge in [0.05, 0.1) is 31.4 Å². The molecule has 2 fully saturated rings. The highest BCUT2D eigenvalue weighted by molar-refractivity contribution is 6.46. The lowest BCUT2D eigenvalue weighted by Gasteiger charge is -2.27. The maximum atomic E-state index is 13.4. The van der Waals surface area contributed by atoms with Gasteiger partial charge < -0.3 is 29.1 Å². The number of hydrogen-bond donors (Lipinski definition) is 2. The lowest BCUT2D eigenvalue weighted by atomic mass is 9.94. The molecule has 0 unspecified atom stereocenters. The Kier molecular flexibility index (Phi) is 7.81. The summed E-state index contributed by atoms with van der Waals surface area (Å²) in [5.74, 6) is 0.0342. The summed E-state index contributed by atoms with van der Waals surface area (Å²) in [6.45, 7) is 10.7. The van der Waals surface area contributed by atoms with Crippen molar-refractivity contribution in [3.63, 3.8) is 0 Å². The molecule has 3 aliphatic heterocycles. The molecule has 0 aromatic heterocycles. The highest BCUT2D eigenvalue weighted by atomic mass is 16.5. The van der Waals surface area contributed by atoms with Gasteiger partial charge in [0.2, 0.25) is 0 Å². The molecule has 0 saturated carbocycles. The van der Waals surface area contributed by atoms with Crippen molar-refractivity contribution in [1.29, 1.82) is 0 Å². The number of aliphatic hydroxyl groups is 1. The van der Waals surface area contributed by atoms with Gasteiger partial charge in [0, 0.05) is 24.9 Å². The minimum Gasteiger partial charge on any atom is -0.507 e. The molecule has 2 aromatic carbocycles. The van der Waals surface area contributed by atoms with Gasteiger partial charge in [0.15, 0.2) is 0 Å². The number of morpholine rings is 1. The molecule has 5 rings (SSSR count). The highest BCUT2D eigenvalue weighted by Crippen LogP contribution is 2.41. The van der Waals surface area contributed by atoms with Gasteiger partial charge in [-0.05, 0) is 48.4 Å². The van der Waals surface area contributed by atoms with Crippen molar-refractivity contribution in [2.45, 2.75) is 31.9 Å². The van der Waals surface area contributed by atoms with Crippen molar-refractivity contribution in [2.75, 3.05) is 46.0 Å². The zero-order valence-corrected chi connectivity index (χ0v) is 21.8. The standard InChI is InChI=1S/C30H34N2O6/c1-3-15-37-24-8-5-21(6-9-24)27-26(28(33)22-7-10-25-23(19-22)18-20(2)38-25)29(34)30(35)32(27)12-4-11-31-13-16-36-17-14-31/h3,5-10,19-20,27,33H,1,4,11-18H2,2H3/p+1/t20-,27+/m1/s1. The van der Waals surface area contributed by atoms with E-state index in [1.807, 2.05) is 43.3 Å². The van der Waals surface area contributed by atoms with Crippen molar-refractivity contribution in [3.8, 4) is 11.5 Å². The Morgan fingerprint density at radius 2 is 1.95 bits per heavy atom. The highest BCUT2D eigenvalue weighted by Gasteiger charge is 2.46. The first-order valence-electron chi connectivity index (χ1n) is 13.3. The molecule has 8 heteroatoms. The van der Waals surface area contributed by atoms with E-state index < -0.39 is 17.7 Å². The van der Waals surface area contributed by atoms with Gasteiger partial charge in [-0.25, -0.2) is 0 Å². The first kappa shape index (κ1) is 26.0. The number of Topliss-reactive ketones (excluding diaryl/α,β-unsaturated/α-hetero) is 1. The van der Waals surface area contributed by atoms with Crippen LogP contribution in [0.15, 0.2) is 60.7 Å². The number of carbonyl (C=O) groups excluding carboxylic acids is 2. The van der Waals surface area contributed by atoms with Gasteiger partial charge in [-0.1, -0.05) is 24.8 Å². The van der Waals surface area contributed by atoms with Crippen LogP contribution in [0.5, 0.6) is 11.5 Å². The first-order chi connectivity index (χ1) is 18.5. The fraction of sp³-hybridized carbons (Fsp3) is 0.400. The Balaban J connectivity index is 1.47. The smallest absolute Gasteiger partial charge is 0.295 e. The van der Waals surface area contributed by atoms with Crippen molar-refractivity contribution in [3.05, 3.63) is 77.4 Å². The van der Waals surface area contributed by atoms with E-state index in [0.29, 0.717) is 24.5 Å². The van der Waals surface area contributed by atoms with E-state index in [1.165, 1.54) is 4.90 Å². The van der Waals surface area contributed by atoms with E-state index in [1.54, 1.807) is 17.0 Å². The summed E-state index contributed by atoms with van der Waals surface area (Å²) in [6, 6.07) is 12.0. The van der Waals surface area contributed by atoms with Gasteiger partial charge in [0.25, 0.3) is 11.7 Å². The molecule has 38 heavy (non-hydrogen) atoms. The second-order valence-corrected chi connectivity index (χ2v) is 10.1. The van der Waals surface area contributed by atoms with E-state index in [4.69, 9.17) is 14.2 Å². The molecule has 2 atom stereocenters. The number of quaternary nitrogens is 1. The van der Waals surface area contributed by atoms with Crippen LogP contribution in [-0.2, 0) is 20.7 Å². The maximum absolute atomic E-state index is 13.4. The third kappa shape index (κ3) is 5.33. The molecule has 0 bridgehead atoms. The second kappa shape index (κ2) is 11.4. The molecule has 2 aromatic rings. The van der Waals surface area contributed by atoms with Crippen LogP contribution in [0.25, 0.3) is 5.76 Å². The minimum absolute atomic E-state index is 0.0587. The SMILES string of the molecule is C=CCOc1ccc([C@H]2C(=C(O)c3ccc4c(c3)C[C@@H](C)O4)C(=O)C(=O)N2CCC[NH+]2CCOCC2)cc1. The van der Waals surface area contributed by atoms with Crippen LogP contribution < -0.4 is 14.4 Å². The molecule has 200 valence electrons. The molecule has 2 saturated heterocycles. The van der Waals surface area contributed by atoms with Crippen molar-refractivity contribution < 1.29 is 33.8 Å². The summed E-state index contributed by atoms with van der Waals surface area (Å²) in [4.78, 5) is 29.7. The Bertz CT molecular complexity index is 1230. The van der Waals surface area contributed by atoms with E-state index in [0.717, 1.165) is 62.6 Å². The monoisotopic (exact) mass is 519 g/mol. The Labute approximate surface area is 223 Å². The maximum Gasteiger partial charge on any atom is 0.295 e. The van der Waals surface area contributed by atoms with Crippen LogP contribution in [0, 0.1) is 0 Å². The van der Waals surface area contributed by atoms with Crippen LogP contribution in [-0.4, -0.2) is 73.8 Å². The molecule has 0 radical (unpaired) electrons. The average molecular weight is 520 g/mol. The number of likely N-dealkylation sites (tertiary alicyclic amines) is 1. The Morgan fingerprint density at radius 3 is 2.68 bits per heavy atom. The van der Waals surface area contributed by atoms with Gasteiger partial charge >= 0.3 is 0 Å². The van der Waals surface area contributed by atoms with E-state index in [9.17, 15) is 14.7 Å². The van der Waals surface area contributed by atoms with Crippen LogP contribution >= 0.6 is 0 Å². The summed E-state index contributed by atoms with van der Waals surface area (Å²) in [7, 11) is 0. The molecular weight excluding hydrogens is 484 g/mol. The number of hydrogen-bond acceptors (Lipinski definition) is 6. The number of rotatable bonds is 9. The van der Waals surface area contributed by atoms with Gasteiger partial charge in [-0.2, -0.15) is 0 Å². The summed E-state index contributed by atoms with van der Waals surface area (Å²) in [5.41, 5.74) is 2.34. The largest absolute Gasteiger partial charge is 0.507 e. The third-order valence-corrected chi connectivity index (χ3v) is 7.40. The topological polar surface area (TPSA) is 89.7 Å². The number of nitrogens with zero attached hydrogens (tertiary/aromatic N) is 1. The van der Waals surface area contributed by atoms with Crippen LogP contribution in [0.3, 0.4) is 0 Å². The molecule has 3 aliphatic rings. The fourth-order valence-electron chi connectivity index (χ4n) is 5.49. The Hall–Kier alpha value is -3.62. The summed E-state index contributed by atoms with van der Waals surface area (Å²) >= 11 is 0. The lowest BCUT2D eigenvalue weighted by molar-refractivity contribution is -0.908. The molecule has 8 nitrogen and oxygen atoms in total. The molecule has 2 N–H and O–H groups in total. The number of aliphatic hydroxyl groups excluding tert-OH is 1. The number of benzene rings is 2.